The summed E-state index contributed by atoms with van der Waals surface area (Å²) in [6.07, 6.45) is 1.42. The molecule has 29 heavy (non-hydrogen) atoms. The highest BCUT2D eigenvalue weighted by Gasteiger charge is 2.23. The number of ketones is 1. The van der Waals surface area contributed by atoms with Crippen LogP contribution in [0.25, 0.3) is 0 Å². The van der Waals surface area contributed by atoms with Crippen LogP contribution in [-0.2, 0) is 16.1 Å². The van der Waals surface area contributed by atoms with Gasteiger partial charge in [-0.25, -0.2) is 9.18 Å². The van der Waals surface area contributed by atoms with Gasteiger partial charge in [0.2, 0.25) is 0 Å². The smallest absolute Gasteiger partial charge is 0.355 e. The van der Waals surface area contributed by atoms with Crippen molar-refractivity contribution in [3.8, 4) is 0 Å². The summed E-state index contributed by atoms with van der Waals surface area (Å²) >= 11 is 6.07. The van der Waals surface area contributed by atoms with Crippen LogP contribution < -0.4 is 0 Å². The molecule has 0 radical (unpaired) electrons. The van der Waals surface area contributed by atoms with Crippen LogP contribution in [-0.4, -0.2) is 65.2 Å². The van der Waals surface area contributed by atoms with Crippen LogP contribution in [0.1, 0.15) is 33.3 Å². The van der Waals surface area contributed by atoms with E-state index in [9.17, 15) is 18.8 Å². The molecule has 0 bridgehead atoms. The number of ether oxygens (including phenoxy) is 1. The number of piperazine rings is 1. The number of amides is 1. The van der Waals surface area contributed by atoms with Gasteiger partial charge in [0, 0.05) is 55.1 Å². The Kier molecular flexibility index (Phi) is 6.66. The van der Waals surface area contributed by atoms with Crippen molar-refractivity contribution < 1.29 is 23.5 Å². The van der Waals surface area contributed by atoms with E-state index in [1.807, 2.05) is 4.90 Å². The molecule has 0 atom stereocenters. The number of nitrogens with zero attached hydrogens (tertiary/aromatic N) is 2. The van der Waals surface area contributed by atoms with Crippen molar-refractivity contribution in [3.05, 3.63) is 58.1 Å². The van der Waals surface area contributed by atoms with Gasteiger partial charge >= 0.3 is 5.97 Å². The molecule has 2 aromatic rings. The molecule has 1 saturated heterocycles. The van der Waals surface area contributed by atoms with Gasteiger partial charge in [0.25, 0.3) is 5.91 Å². The Balaban J connectivity index is 1.46. The lowest BCUT2D eigenvalue weighted by molar-refractivity contribution is -0.136. The predicted molar refractivity (Wildman–Crippen MR) is 104 cm³/mol. The number of carbonyl (C=O) groups excluding carboxylic acids is 3. The van der Waals surface area contributed by atoms with E-state index < -0.39 is 5.97 Å². The average molecular weight is 422 g/mol. The molecule has 1 fully saturated rings. The van der Waals surface area contributed by atoms with E-state index in [4.69, 9.17) is 16.3 Å². The van der Waals surface area contributed by atoms with E-state index in [2.05, 4.69) is 4.98 Å². The first-order chi connectivity index (χ1) is 13.8. The fourth-order valence-corrected chi connectivity index (χ4v) is 3.30. The van der Waals surface area contributed by atoms with Gasteiger partial charge < -0.3 is 14.6 Å². The summed E-state index contributed by atoms with van der Waals surface area (Å²) in [5.41, 5.74) is 0.933. The maximum absolute atomic E-state index is 13.9. The number of hydrogen-bond acceptors (Lipinski definition) is 5. The maximum atomic E-state index is 13.9. The molecular formula is C20H21ClFN3O4. The highest BCUT2D eigenvalue weighted by Crippen LogP contribution is 2.21. The number of esters is 1. The quantitative estimate of drug-likeness (QED) is 0.572. The molecule has 0 aliphatic carbocycles. The minimum atomic E-state index is -0.696. The Morgan fingerprint density at radius 3 is 2.55 bits per heavy atom. The second kappa shape index (κ2) is 9.19. The number of H-pyrrole nitrogens is 1. The normalized spacial score (nSPS) is 14.7. The van der Waals surface area contributed by atoms with Gasteiger partial charge in [-0.05, 0) is 25.1 Å². The van der Waals surface area contributed by atoms with Crippen LogP contribution >= 0.6 is 11.6 Å². The van der Waals surface area contributed by atoms with Crippen LogP contribution in [0.5, 0.6) is 0 Å². The molecule has 1 aliphatic rings. The first kappa shape index (κ1) is 21.0. The number of nitrogens with one attached hydrogen (secondary N) is 1. The molecule has 2 heterocycles. The van der Waals surface area contributed by atoms with Crippen molar-refractivity contribution >= 4 is 29.3 Å². The largest absolute Gasteiger partial charge is 0.451 e. The van der Waals surface area contributed by atoms with Crippen molar-refractivity contribution in [1.29, 1.82) is 0 Å². The van der Waals surface area contributed by atoms with E-state index in [0.29, 0.717) is 48.9 Å². The minimum Gasteiger partial charge on any atom is -0.451 e. The van der Waals surface area contributed by atoms with Gasteiger partial charge in [0.1, 0.15) is 11.5 Å². The standard InChI is InChI=1S/C20H21ClFN3O4/c1-13(26)14-9-18(23-10-14)20(28)29-12-19(27)25-7-5-24(6-8-25)11-15-16(21)3-2-4-17(15)22/h2-4,9-10,23H,5-8,11-12H2,1H3. The monoisotopic (exact) mass is 421 g/mol. The van der Waals surface area contributed by atoms with Crippen LogP contribution in [0.4, 0.5) is 4.39 Å². The molecule has 1 aromatic carbocycles. The summed E-state index contributed by atoms with van der Waals surface area (Å²) < 4.78 is 19.0. The zero-order valence-corrected chi connectivity index (χ0v) is 16.7. The molecule has 1 amide bonds. The number of carbonyl (C=O) groups is 3. The zero-order valence-electron chi connectivity index (χ0n) is 15.9. The van der Waals surface area contributed by atoms with Gasteiger partial charge in [-0.3, -0.25) is 14.5 Å². The van der Waals surface area contributed by atoms with Gasteiger partial charge in [-0.15, -0.1) is 0 Å². The fraction of sp³-hybridized carbons (Fsp3) is 0.350. The number of Topliss-reactive ketones (excluding diaryl/α,β-unsaturated/α-hetero) is 1. The van der Waals surface area contributed by atoms with E-state index >= 15 is 0 Å². The average Bonchev–Trinajstić information content (AvgIpc) is 3.20. The molecule has 154 valence electrons. The Labute approximate surface area is 172 Å². The van der Waals surface area contributed by atoms with Crippen molar-refractivity contribution in [1.82, 2.24) is 14.8 Å². The second-order valence-electron chi connectivity index (χ2n) is 6.79. The number of aromatic nitrogens is 1. The molecule has 1 N–H and O–H groups in total. The van der Waals surface area contributed by atoms with Gasteiger partial charge in [-0.1, -0.05) is 17.7 Å². The Hall–Kier alpha value is -2.71. The molecule has 3 rings (SSSR count). The van der Waals surface area contributed by atoms with Gasteiger partial charge in [-0.2, -0.15) is 0 Å². The minimum absolute atomic E-state index is 0.120. The summed E-state index contributed by atoms with van der Waals surface area (Å²) in [5.74, 6) is -1.52. The number of hydrogen-bond donors (Lipinski definition) is 1. The van der Waals surface area contributed by atoms with Gasteiger partial charge in [0.05, 0.1) is 0 Å². The molecule has 0 saturated carbocycles. The van der Waals surface area contributed by atoms with Crippen LogP contribution in [0.15, 0.2) is 30.5 Å². The van der Waals surface area contributed by atoms with E-state index in [0.717, 1.165) is 0 Å². The fourth-order valence-electron chi connectivity index (χ4n) is 3.07. The number of rotatable bonds is 6. The second-order valence-corrected chi connectivity index (χ2v) is 7.20. The summed E-state index contributed by atoms with van der Waals surface area (Å²) in [6, 6.07) is 5.98. The number of benzene rings is 1. The van der Waals surface area contributed by atoms with Crippen molar-refractivity contribution in [2.24, 2.45) is 0 Å². The molecule has 1 aliphatic heterocycles. The highest BCUT2D eigenvalue weighted by molar-refractivity contribution is 6.31. The van der Waals surface area contributed by atoms with E-state index in [-0.39, 0.29) is 29.8 Å². The number of halogens is 2. The zero-order chi connectivity index (χ0) is 21.0. The topological polar surface area (TPSA) is 82.7 Å². The lowest BCUT2D eigenvalue weighted by Gasteiger charge is -2.34. The first-order valence-corrected chi connectivity index (χ1v) is 9.52. The lowest BCUT2D eigenvalue weighted by Crippen LogP contribution is -2.49. The number of aromatic amines is 1. The van der Waals surface area contributed by atoms with Gasteiger partial charge in [0.15, 0.2) is 12.4 Å². The molecule has 0 spiro atoms. The lowest BCUT2D eigenvalue weighted by atomic mass is 10.2. The summed E-state index contributed by atoms with van der Waals surface area (Å²) in [4.78, 5) is 41.8. The Morgan fingerprint density at radius 2 is 1.93 bits per heavy atom. The van der Waals surface area contributed by atoms with Crippen molar-refractivity contribution in [2.45, 2.75) is 13.5 Å². The summed E-state index contributed by atoms with van der Waals surface area (Å²) in [7, 11) is 0. The van der Waals surface area contributed by atoms with E-state index in [1.165, 1.54) is 25.3 Å². The molecule has 1 aromatic heterocycles. The highest BCUT2D eigenvalue weighted by atomic mass is 35.5. The Morgan fingerprint density at radius 1 is 1.21 bits per heavy atom. The molecular weight excluding hydrogens is 401 g/mol. The van der Waals surface area contributed by atoms with E-state index in [1.54, 1.807) is 17.0 Å². The van der Waals surface area contributed by atoms with Crippen LogP contribution in [0, 0.1) is 5.82 Å². The van der Waals surface area contributed by atoms with Crippen molar-refractivity contribution in [3.63, 3.8) is 0 Å². The third kappa shape index (κ3) is 5.21. The molecule has 0 unspecified atom stereocenters. The summed E-state index contributed by atoms with van der Waals surface area (Å²) in [5, 5.41) is 0.382. The Bertz CT molecular complexity index is 902. The van der Waals surface area contributed by atoms with Crippen LogP contribution in [0.2, 0.25) is 5.02 Å². The maximum Gasteiger partial charge on any atom is 0.355 e. The third-order valence-corrected chi connectivity index (χ3v) is 5.16. The van der Waals surface area contributed by atoms with Crippen molar-refractivity contribution in [2.75, 3.05) is 32.8 Å². The predicted octanol–water partition coefficient (Wildman–Crippen LogP) is 2.51. The first-order valence-electron chi connectivity index (χ1n) is 9.14. The SMILES string of the molecule is CC(=O)c1c[nH]c(C(=O)OCC(=O)N2CCN(Cc3c(F)cccc3Cl)CC2)c1. The summed E-state index contributed by atoms with van der Waals surface area (Å²) in [6.45, 7) is 3.38. The molecule has 7 nitrogen and oxygen atoms in total. The molecule has 9 heteroatoms. The van der Waals surface area contributed by atoms with Crippen LogP contribution in [0.3, 0.4) is 0 Å². The third-order valence-electron chi connectivity index (χ3n) is 4.80.